The van der Waals surface area contributed by atoms with Crippen LogP contribution in [0.4, 0.5) is 0 Å². The molecule has 3 heterocycles. The molecule has 1 fully saturated rings. The number of ether oxygens (including phenoxy) is 2. The molecule has 0 saturated carbocycles. The van der Waals surface area contributed by atoms with Crippen molar-refractivity contribution in [2.45, 2.75) is 63.9 Å². The number of aliphatic hydroxyl groups excluding tert-OH is 1. The van der Waals surface area contributed by atoms with Crippen molar-refractivity contribution in [2.75, 3.05) is 7.11 Å². The molecule has 14 heteroatoms. The molecule has 0 bridgehead atoms. The maximum absolute atomic E-state index is 13.8. The second-order valence-corrected chi connectivity index (χ2v) is 10.6. The Morgan fingerprint density at radius 3 is 2.62 bits per heavy atom. The van der Waals surface area contributed by atoms with E-state index in [-0.39, 0.29) is 5.75 Å². The van der Waals surface area contributed by atoms with Gasteiger partial charge in [-0.05, 0) is 39.8 Å². The molecule has 3 aromatic rings. The highest BCUT2D eigenvalue weighted by Crippen LogP contribution is 2.49. The molecule has 37 heavy (non-hydrogen) atoms. The number of aliphatic hydroxyl groups is 2. The third-order valence-electron chi connectivity index (χ3n) is 6.13. The number of carbonyl (C=O) groups is 1. The zero-order chi connectivity index (χ0) is 27.0. The van der Waals surface area contributed by atoms with E-state index < -0.39 is 49.9 Å². The molecule has 1 aliphatic heterocycles. The minimum atomic E-state index is -4.23. The lowest BCUT2D eigenvalue weighted by Crippen LogP contribution is -2.46. The highest BCUT2D eigenvalue weighted by molar-refractivity contribution is 7.52. The minimum absolute atomic E-state index is 0.222. The summed E-state index contributed by atoms with van der Waals surface area (Å²) in [6, 6.07) is 7.21. The van der Waals surface area contributed by atoms with E-state index in [1.807, 2.05) is 0 Å². The molecule has 1 aliphatic rings. The quantitative estimate of drug-likeness (QED) is 0.269. The van der Waals surface area contributed by atoms with Gasteiger partial charge in [-0.1, -0.05) is 18.2 Å². The summed E-state index contributed by atoms with van der Waals surface area (Å²) < 4.78 is 37.5. The van der Waals surface area contributed by atoms with Gasteiger partial charge < -0.3 is 24.2 Å². The van der Waals surface area contributed by atoms with Gasteiger partial charge in [-0.3, -0.25) is 13.9 Å². The van der Waals surface area contributed by atoms with E-state index in [2.05, 4.69) is 20.0 Å². The predicted molar refractivity (Wildman–Crippen MR) is 130 cm³/mol. The van der Waals surface area contributed by atoms with Crippen LogP contribution in [0.3, 0.4) is 0 Å². The van der Waals surface area contributed by atoms with Crippen LogP contribution in [0.25, 0.3) is 11.2 Å². The van der Waals surface area contributed by atoms with Crippen LogP contribution in [-0.4, -0.2) is 72.8 Å². The number of nitrogens with zero attached hydrogens (tertiary/aromatic N) is 4. The summed E-state index contributed by atoms with van der Waals surface area (Å²) in [4.78, 5) is 24.6. The number of fused-ring (bicyclic) bond motifs is 1. The zero-order valence-corrected chi connectivity index (χ0v) is 21.9. The number of rotatable bonds is 9. The molecular formula is C23H30N5O8P. The fourth-order valence-electron chi connectivity index (χ4n) is 4.14. The normalized spacial score (nSPS) is 26.9. The average Bonchev–Trinajstić information content (AvgIpc) is 3.38. The van der Waals surface area contributed by atoms with Crippen molar-refractivity contribution in [3.63, 3.8) is 0 Å². The Morgan fingerprint density at radius 1 is 1.24 bits per heavy atom. The van der Waals surface area contributed by atoms with E-state index in [9.17, 15) is 19.6 Å². The summed E-state index contributed by atoms with van der Waals surface area (Å²) in [5, 5.41) is 24.8. The maximum Gasteiger partial charge on any atom is 0.459 e. The first-order valence-corrected chi connectivity index (χ1v) is 13.1. The van der Waals surface area contributed by atoms with Crippen molar-refractivity contribution >= 4 is 24.9 Å². The number of hydrogen-bond donors (Lipinski definition) is 3. The van der Waals surface area contributed by atoms with Gasteiger partial charge in [0.05, 0.1) is 25.2 Å². The molecule has 1 aromatic carbocycles. The average molecular weight is 535 g/mol. The summed E-state index contributed by atoms with van der Waals surface area (Å²) in [5.41, 5.74) is -0.233. The number of esters is 1. The largest absolute Gasteiger partial charge is 0.468 e. The van der Waals surface area contributed by atoms with Crippen LogP contribution < -0.4 is 9.61 Å². The first-order valence-electron chi connectivity index (χ1n) is 11.6. The minimum Gasteiger partial charge on any atom is -0.468 e. The van der Waals surface area contributed by atoms with Crippen LogP contribution in [-0.2, 0) is 23.4 Å². The standard InChI is InChI=1S/C23H30N5O8P/c1-13-17-20(25-11-24-13)28(12-26-17)22-23(4,31)19(29)18(34-22)15(3)35-37(32,27-14(2)21(30)33-5)36-16-9-7-6-8-10-16/h6-12,14-15,18-19,22,29,31H,1-5H3,(H,27,32)/t14?,15?,18?,19-,22?,23-,37?/m1/s1. The Balaban J connectivity index is 1.60. The van der Waals surface area contributed by atoms with Crippen LogP contribution in [0.2, 0.25) is 0 Å². The Labute approximate surface area is 213 Å². The number of para-hydroxylation sites is 1. The van der Waals surface area contributed by atoms with Crippen molar-refractivity contribution in [1.82, 2.24) is 24.6 Å². The van der Waals surface area contributed by atoms with Gasteiger partial charge in [0.2, 0.25) is 0 Å². The fraction of sp³-hybridized carbons (Fsp3) is 0.478. The van der Waals surface area contributed by atoms with Crippen LogP contribution >= 0.6 is 7.75 Å². The van der Waals surface area contributed by atoms with Crippen molar-refractivity contribution < 1.29 is 38.1 Å². The first-order chi connectivity index (χ1) is 17.5. The van der Waals surface area contributed by atoms with E-state index in [1.54, 1.807) is 37.3 Å². The summed E-state index contributed by atoms with van der Waals surface area (Å²) in [7, 11) is -3.03. The van der Waals surface area contributed by atoms with Crippen molar-refractivity contribution in [3.05, 3.63) is 48.7 Å². The summed E-state index contributed by atoms with van der Waals surface area (Å²) in [6.07, 6.45) is -1.99. The molecule has 0 aliphatic carbocycles. The highest BCUT2D eigenvalue weighted by Gasteiger charge is 2.56. The lowest BCUT2D eigenvalue weighted by Gasteiger charge is -2.29. The van der Waals surface area contributed by atoms with Crippen molar-refractivity contribution in [2.24, 2.45) is 0 Å². The molecule has 2 aromatic heterocycles. The van der Waals surface area contributed by atoms with E-state index in [1.165, 1.54) is 45.1 Å². The molecule has 13 nitrogen and oxygen atoms in total. The molecule has 1 saturated heterocycles. The Bertz CT molecular complexity index is 1300. The van der Waals surface area contributed by atoms with E-state index in [4.69, 9.17) is 18.5 Å². The van der Waals surface area contributed by atoms with Crippen molar-refractivity contribution in [3.8, 4) is 5.75 Å². The summed E-state index contributed by atoms with van der Waals surface area (Å²) >= 11 is 0. The predicted octanol–water partition coefficient (Wildman–Crippen LogP) is 1.89. The Kier molecular flexibility index (Phi) is 7.65. The topological polar surface area (TPSA) is 167 Å². The smallest absolute Gasteiger partial charge is 0.459 e. The zero-order valence-electron chi connectivity index (χ0n) is 21.0. The van der Waals surface area contributed by atoms with Crippen LogP contribution in [0.15, 0.2) is 43.0 Å². The van der Waals surface area contributed by atoms with Gasteiger partial charge in [-0.25, -0.2) is 19.5 Å². The summed E-state index contributed by atoms with van der Waals surface area (Å²) in [6.45, 7) is 6.13. The molecule has 4 rings (SSSR count). The molecule has 3 N–H and O–H groups in total. The molecule has 200 valence electrons. The molecule has 0 spiro atoms. The SMILES string of the molecule is COC(=O)C(C)NP(=O)(Oc1ccccc1)OC(C)C1OC(n2cnc3c(C)ncnc32)[C@](C)(O)[C@@H]1O. The van der Waals surface area contributed by atoms with E-state index in [0.717, 1.165) is 0 Å². The molecule has 0 radical (unpaired) electrons. The number of carbonyl (C=O) groups excluding carboxylic acids is 1. The fourth-order valence-corrected chi connectivity index (χ4v) is 5.83. The molecular weight excluding hydrogens is 505 g/mol. The Hall–Kier alpha value is -2.93. The highest BCUT2D eigenvalue weighted by atomic mass is 31.2. The number of aryl methyl sites for hydroxylation is 1. The van der Waals surface area contributed by atoms with Gasteiger partial charge >= 0.3 is 13.7 Å². The number of hydrogen-bond acceptors (Lipinski definition) is 11. The second kappa shape index (κ2) is 10.4. The summed E-state index contributed by atoms with van der Waals surface area (Å²) in [5.74, 6) is -0.460. The third-order valence-corrected chi connectivity index (χ3v) is 7.90. The maximum atomic E-state index is 13.8. The molecule has 0 amide bonds. The van der Waals surface area contributed by atoms with Gasteiger partial charge in [-0.15, -0.1) is 0 Å². The monoisotopic (exact) mass is 535 g/mol. The van der Waals surface area contributed by atoms with Gasteiger partial charge in [0.25, 0.3) is 0 Å². The van der Waals surface area contributed by atoms with Gasteiger partial charge in [0.1, 0.15) is 41.4 Å². The van der Waals surface area contributed by atoms with Crippen LogP contribution in [0, 0.1) is 6.92 Å². The lowest BCUT2D eigenvalue weighted by atomic mass is 9.94. The second-order valence-electron chi connectivity index (χ2n) is 8.99. The van der Waals surface area contributed by atoms with Crippen LogP contribution in [0.5, 0.6) is 5.75 Å². The van der Waals surface area contributed by atoms with Gasteiger partial charge in [0, 0.05) is 0 Å². The third kappa shape index (κ3) is 5.37. The molecule has 7 atom stereocenters. The number of benzene rings is 1. The van der Waals surface area contributed by atoms with Crippen molar-refractivity contribution in [1.29, 1.82) is 0 Å². The molecule has 5 unspecified atom stereocenters. The number of methoxy groups -OCH3 is 1. The number of nitrogens with one attached hydrogen (secondary N) is 1. The van der Waals surface area contributed by atoms with E-state index >= 15 is 0 Å². The number of imidazole rings is 1. The Morgan fingerprint density at radius 2 is 1.95 bits per heavy atom. The van der Waals surface area contributed by atoms with Gasteiger partial charge in [-0.2, -0.15) is 5.09 Å². The van der Waals surface area contributed by atoms with Crippen LogP contribution in [0.1, 0.15) is 32.7 Å². The van der Waals surface area contributed by atoms with E-state index in [0.29, 0.717) is 16.9 Å². The van der Waals surface area contributed by atoms with Gasteiger partial charge in [0.15, 0.2) is 11.9 Å². The number of aromatic nitrogens is 4. The first kappa shape index (κ1) is 27.1. The lowest BCUT2D eigenvalue weighted by molar-refractivity contribution is -0.142.